The average molecular weight is 344 g/mol. The molecule has 3 heterocycles. The van der Waals surface area contributed by atoms with Gasteiger partial charge in [0.1, 0.15) is 0 Å². The number of likely N-dealkylation sites (N-methyl/N-ethyl adjacent to an activating group) is 1. The summed E-state index contributed by atoms with van der Waals surface area (Å²) in [5.41, 5.74) is 1.16. The van der Waals surface area contributed by atoms with Crippen molar-refractivity contribution in [2.24, 2.45) is 0 Å². The lowest BCUT2D eigenvalue weighted by atomic mass is 10.1. The summed E-state index contributed by atoms with van der Waals surface area (Å²) in [5.74, 6) is 0.00563. The van der Waals surface area contributed by atoms with Gasteiger partial charge in [-0.15, -0.1) is 11.3 Å². The van der Waals surface area contributed by atoms with Gasteiger partial charge in [-0.05, 0) is 29.6 Å². The van der Waals surface area contributed by atoms with Gasteiger partial charge in [-0.2, -0.15) is 0 Å². The van der Waals surface area contributed by atoms with E-state index in [1.54, 1.807) is 6.20 Å². The Labute approximate surface area is 147 Å². The molecule has 1 saturated heterocycles. The van der Waals surface area contributed by atoms with Crippen LogP contribution in [0.4, 0.5) is 0 Å². The molecule has 2 aromatic rings. The summed E-state index contributed by atoms with van der Waals surface area (Å²) in [6, 6.07) is 8.00. The Morgan fingerprint density at radius 3 is 2.75 bits per heavy atom. The maximum Gasteiger partial charge on any atom is 0.261 e. The van der Waals surface area contributed by atoms with Gasteiger partial charge in [0, 0.05) is 45.1 Å². The molecule has 0 saturated carbocycles. The minimum atomic E-state index is 0.00563. The summed E-state index contributed by atoms with van der Waals surface area (Å²) >= 11 is 1.47. The highest BCUT2D eigenvalue weighted by atomic mass is 32.1. The van der Waals surface area contributed by atoms with E-state index >= 15 is 0 Å². The van der Waals surface area contributed by atoms with Crippen molar-refractivity contribution in [1.82, 2.24) is 20.1 Å². The Bertz CT molecular complexity index is 624. The third-order valence-corrected chi connectivity index (χ3v) is 5.43. The van der Waals surface area contributed by atoms with Gasteiger partial charge in [-0.3, -0.25) is 14.7 Å². The van der Waals surface area contributed by atoms with E-state index in [-0.39, 0.29) is 11.9 Å². The number of nitrogens with zero attached hydrogens (tertiary/aromatic N) is 3. The Morgan fingerprint density at radius 2 is 2.12 bits per heavy atom. The molecule has 2 aromatic heterocycles. The lowest BCUT2D eigenvalue weighted by molar-refractivity contribution is 0.0857. The molecule has 0 spiro atoms. The Balaban J connectivity index is 1.67. The van der Waals surface area contributed by atoms with Crippen LogP contribution in [0.15, 0.2) is 42.0 Å². The van der Waals surface area contributed by atoms with Crippen LogP contribution < -0.4 is 5.32 Å². The van der Waals surface area contributed by atoms with Crippen molar-refractivity contribution in [1.29, 1.82) is 0 Å². The van der Waals surface area contributed by atoms with Crippen molar-refractivity contribution in [2.75, 3.05) is 39.3 Å². The number of rotatable bonds is 6. The maximum absolute atomic E-state index is 12.3. The minimum absolute atomic E-state index is 0.00563. The summed E-state index contributed by atoms with van der Waals surface area (Å²) in [4.78, 5) is 22.2. The molecule has 1 amide bonds. The van der Waals surface area contributed by atoms with E-state index in [2.05, 4.69) is 33.1 Å². The smallest absolute Gasteiger partial charge is 0.261 e. The zero-order chi connectivity index (χ0) is 16.8. The molecule has 6 heteroatoms. The molecule has 1 atom stereocenters. The molecule has 1 unspecified atom stereocenters. The van der Waals surface area contributed by atoms with Gasteiger partial charge in [0.2, 0.25) is 0 Å². The van der Waals surface area contributed by atoms with Crippen LogP contribution in [0.1, 0.15) is 28.2 Å². The fraction of sp³-hybridized carbons (Fsp3) is 0.444. The highest BCUT2D eigenvalue weighted by molar-refractivity contribution is 7.12. The molecular formula is C18H24N4OS. The number of carbonyl (C=O) groups is 1. The zero-order valence-corrected chi connectivity index (χ0v) is 14.8. The van der Waals surface area contributed by atoms with E-state index in [9.17, 15) is 4.79 Å². The fourth-order valence-corrected chi connectivity index (χ4v) is 3.75. The molecule has 24 heavy (non-hydrogen) atoms. The first-order valence-electron chi connectivity index (χ1n) is 8.46. The highest BCUT2D eigenvalue weighted by Crippen LogP contribution is 2.21. The number of hydrogen-bond acceptors (Lipinski definition) is 5. The SMILES string of the molecule is CCN1CCN(C(CNC(=O)c2cccs2)c2cccnc2)CC1. The van der Waals surface area contributed by atoms with E-state index in [0.717, 1.165) is 43.2 Å². The van der Waals surface area contributed by atoms with Crippen molar-refractivity contribution < 1.29 is 4.79 Å². The zero-order valence-electron chi connectivity index (χ0n) is 14.0. The lowest BCUT2D eigenvalue weighted by Gasteiger charge is -2.39. The first-order chi connectivity index (χ1) is 11.8. The second-order valence-electron chi connectivity index (χ2n) is 5.96. The van der Waals surface area contributed by atoms with Crippen LogP contribution in [0.3, 0.4) is 0 Å². The van der Waals surface area contributed by atoms with Crippen LogP contribution in [-0.4, -0.2) is 60.0 Å². The normalized spacial score (nSPS) is 17.5. The van der Waals surface area contributed by atoms with Gasteiger partial charge in [0.25, 0.3) is 5.91 Å². The van der Waals surface area contributed by atoms with Crippen LogP contribution in [0, 0.1) is 0 Å². The third-order valence-electron chi connectivity index (χ3n) is 4.56. The van der Waals surface area contributed by atoms with E-state index in [4.69, 9.17) is 0 Å². The number of hydrogen-bond donors (Lipinski definition) is 1. The van der Waals surface area contributed by atoms with Crippen LogP contribution >= 0.6 is 11.3 Å². The molecule has 1 aliphatic rings. The van der Waals surface area contributed by atoms with Crippen LogP contribution in [0.2, 0.25) is 0 Å². The van der Waals surface area contributed by atoms with Gasteiger partial charge >= 0.3 is 0 Å². The molecule has 0 bridgehead atoms. The number of piperazine rings is 1. The van der Waals surface area contributed by atoms with Gasteiger partial charge in [-0.25, -0.2) is 0 Å². The Morgan fingerprint density at radius 1 is 1.29 bits per heavy atom. The molecular weight excluding hydrogens is 320 g/mol. The first kappa shape index (κ1) is 17.1. The van der Waals surface area contributed by atoms with Gasteiger partial charge in [0.05, 0.1) is 10.9 Å². The number of carbonyl (C=O) groups excluding carboxylic acids is 1. The number of thiophene rings is 1. The van der Waals surface area contributed by atoms with E-state index in [0.29, 0.717) is 6.54 Å². The molecule has 1 aliphatic heterocycles. The van der Waals surface area contributed by atoms with Crippen molar-refractivity contribution in [2.45, 2.75) is 13.0 Å². The molecule has 0 aromatic carbocycles. The second-order valence-corrected chi connectivity index (χ2v) is 6.91. The Hall–Kier alpha value is -1.76. The molecule has 1 fully saturated rings. The molecule has 3 rings (SSSR count). The average Bonchev–Trinajstić information content (AvgIpc) is 3.18. The number of amides is 1. The molecule has 5 nitrogen and oxygen atoms in total. The summed E-state index contributed by atoms with van der Waals surface area (Å²) in [7, 11) is 0. The van der Waals surface area contributed by atoms with Gasteiger partial charge in [0.15, 0.2) is 0 Å². The number of nitrogens with one attached hydrogen (secondary N) is 1. The maximum atomic E-state index is 12.3. The standard InChI is InChI=1S/C18H24N4OS/c1-2-21-8-10-22(11-9-21)16(15-5-3-7-19-13-15)14-20-18(23)17-6-4-12-24-17/h3-7,12-13,16H,2,8-11,14H2,1H3,(H,20,23). The molecule has 0 aliphatic carbocycles. The molecule has 1 N–H and O–H groups in total. The highest BCUT2D eigenvalue weighted by Gasteiger charge is 2.25. The predicted octanol–water partition coefficient (Wildman–Crippen LogP) is 2.25. The van der Waals surface area contributed by atoms with Gasteiger partial charge in [-0.1, -0.05) is 19.1 Å². The lowest BCUT2D eigenvalue weighted by Crippen LogP contribution is -2.49. The van der Waals surface area contributed by atoms with Crippen molar-refractivity contribution >= 4 is 17.2 Å². The fourth-order valence-electron chi connectivity index (χ4n) is 3.11. The van der Waals surface area contributed by atoms with E-state index in [1.165, 1.54) is 11.3 Å². The first-order valence-corrected chi connectivity index (χ1v) is 9.34. The second kappa shape index (κ2) is 8.37. The number of aromatic nitrogens is 1. The van der Waals surface area contributed by atoms with Gasteiger partial charge < -0.3 is 10.2 Å². The summed E-state index contributed by atoms with van der Waals surface area (Å²) in [6.45, 7) is 8.09. The molecule has 0 radical (unpaired) electrons. The summed E-state index contributed by atoms with van der Waals surface area (Å²) in [6.07, 6.45) is 3.70. The summed E-state index contributed by atoms with van der Waals surface area (Å²) < 4.78 is 0. The Kier molecular flexibility index (Phi) is 5.96. The third kappa shape index (κ3) is 4.20. The van der Waals surface area contributed by atoms with Crippen LogP contribution in [0.5, 0.6) is 0 Å². The monoisotopic (exact) mass is 344 g/mol. The van der Waals surface area contributed by atoms with E-state index in [1.807, 2.05) is 29.8 Å². The van der Waals surface area contributed by atoms with E-state index < -0.39 is 0 Å². The number of pyridine rings is 1. The minimum Gasteiger partial charge on any atom is -0.349 e. The molecule has 128 valence electrons. The van der Waals surface area contributed by atoms with Crippen LogP contribution in [0.25, 0.3) is 0 Å². The van der Waals surface area contributed by atoms with Crippen molar-refractivity contribution in [3.63, 3.8) is 0 Å². The summed E-state index contributed by atoms with van der Waals surface area (Å²) in [5, 5.41) is 5.02. The van der Waals surface area contributed by atoms with Crippen molar-refractivity contribution in [3.05, 3.63) is 52.5 Å². The van der Waals surface area contributed by atoms with Crippen LogP contribution in [-0.2, 0) is 0 Å². The topological polar surface area (TPSA) is 48.5 Å². The predicted molar refractivity (Wildman–Crippen MR) is 97.3 cm³/mol. The van der Waals surface area contributed by atoms with Crippen molar-refractivity contribution in [3.8, 4) is 0 Å². The largest absolute Gasteiger partial charge is 0.349 e. The quantitative estimate of drug-likeness (QED) is 0.873.